The Labute approximate surface area is 43.4 Å². The third-order valence-electron chi connectivity index (χ3n) is 0.375. The van der Waals surface area contributed by atoms with Gasteiger partial charge >= 0.3 is 0 Å². The number of hydrogen-bond acceptors (Lipinski definition) is 3. The van der Waals surface area contributed by atoms with E-state index in [2.05, 4.69) is 0 Å². The van der Waals surface area contributed by atoms with Crippen LogP contribution in [0.1, 0.15) is 0 Å². The van der Waals surface area contributed by atoms with Crippen LogP contribution in [0.5, 0.6) is 0 Å². The molecule has 0 heterocycles. The normalized spacial score (nSPS) is 11.4. The van der Waals surface area contributed by atoms with Crippen molar-refractivity contribution in [2.45, 2.75) is 0 Å². The highest BCUT2D eigenvalue weighted by atomic mass is 31.2. The van der Waals surface area contributed by atoms with Gasteiger partial charge in [-0.25, -0.2) is 0 Å². The second-order valence-electron chi connectivity index (χ2n) is 0.941. The SMILES string of the molecule is NC/C=C\P(O)O. The van der Waals surface area contributed by atoms with E-state index in [4.69, 9.17) is 15.5 Å². The molecule has 0 rings (SSSR count). The lowest BCUT2D eigenvalue weighted by atomic mass is 10.7. The van der Waals surface area contributed by atoms with Crippen molar-refractivity contribution in [2.75, 3.05) is 6.54 Å². The maximum absolute atomic E-state index is 8.16. The van der Waals surface area contributed by atoms with E-state index >= 15 is 0 Å². The molecular weight excluding hydrogens is 113 g/mol. The Bertz CT molecular complexity index is 64.0. The van der Waals surface area contributed by atoms with Crippen molar-refractivity contribution < 1.29 is 9.79 Å². The molecule has 0 spiro atoms. The molecule has 0 aromatic carbocycles. The quantitative estimate of drug-likeness (QED) is 0.441. The number of hydrogen-bond donors (Lipinski definition) is 3. The molecule has 0 unspecified atom stereocenters. The fourth-order valence-electron chi connectivity index (χ4n) is 0.155. The highest BCUT2D eigenvalue weighted by molar-refractivity contribution is 7.48. The molecule has 0 radical (unpaired) electrons. The Morgan fingerprint density at radius 2 is 2.14 bits per heavy atom. The fourth-order valence-corrected chi connectivity index (χ4v) is 0.465. The third-order valence-corrected chi connectivity index (χ3v) is 0.852. The van der Waals surface area contributed by atoms with Crippen molar-refractivity contribution in [3.05, 3.63) is 11.9 Å². The van der Waals surface area contributed by atoms with E-state index < -0.39 is 8.38 Å². The van der Waals surface area contributed by atoms with E-state index in [-0.39, 0.29) is 0 Å². The van der Waals surface area contributed by atoms with Crippen molar-refractivity contribution >= 4 is 8.38 Å². The average molecular weight is 121 g/mol. The predicted molar refractivity (Wildman–Crippen MR) is 29.6 cm³/mol. The average Bonchev–Trinajstić information content (AvgIpc) is 1.61. The van der Waals surface area contributed by atoms with Crippen LogP contribution in [0, 0.1) is 0 Å². The molecule has 4 N–H and O–H groups in total. The van der Waals surface area contributed by atoms with E-state index in [0.29, 0.717) is 6.54 Å². The minimum atomic E-state index is -1.87. The van der Waals surface area contributed by atoms with Gasteiger partial charge in [0, 0.05) is 6.54 Å². The molecule has 0 aliphatic heterocycles. The van der Waals surface area contributed by atoms with Crippen LogP contribution in [0.15, 0.2) is 11.9 Å². The summed E-state index contributed by atoms with van der Waals surface area (Å²) in [6, 6.07) is 0. The van der Waals surface area contributed by atoms with Crippen LogP contribution in [0.2, 0.25) is 0 Å². The molecule has 7 heavy (non-hydrogen) atoms. The second-order valence-corrected chi connectivity index (χ2v) is 1.88. The van der Waals surface area contributed by atoms with Crippen molar-refractivity contribution in [1.29, 1.82) is 0 Å². The van der Waals surface area contributed by atoms with Gasteiger partial charge in [0.1, 0.15) is 0 Å². The molecule has 0 atom stereocenters. The highest BCUT2D eigenvalue weighted by Crippen LogP contribution is 2.23. The lowest BCUT2D eigenvalue weighted by Gasteiger charge is -1.87. The first-order chi connectivity index (χ1) is 3.27. The topological polar surface area (TPSA) is 66.5 Å². The molecule has 42 valence electrons. The molecule has 0 bridgehead atoms. The van der Waals surface area contributed by atoms with Gasteiger partial charge in [-0.05, 0) is 5.82 Å². The first-order valence-electron chi connectivity index (χ1n) is 1.81. The van der Waals surface area contributed by atoms with Crippen molar-refractivity contribution in [1.82, 2.24) is 0 Å². The Morgan fingerprint density at radius 1 is 1.57 bits per heavy atom. The first kappa shape index (κ1) is 7.05. The molecular formula is C3H8NO2P. The maximum atomic E-state index is 8.16. The zero-order valence-corrected chi connectivity index (χ0v) is 4.68. The molecule has 0 aliphatic carbocycles. The molecule has 3 nitrogen and oxygen atoms in total. The van der Waals surface area contributed by atoms with Gasteiger partial charge in [-0.1, -0.05) is 6.08 Å². The van der Waals surface area contributed by atoms with Crippen molar-refractivity contribution in [3.8, 4) is 0 Å². The highest BCUT2D eigenvalue weighted by Gasteiger charge is 1.83. The summed E-state index contributed by atoms with van der Waals surface area (Å²) >= 11 is 0. The lowest BCUT2D eigenvalue weighted by Crippen LogP contribution is -1.91. The van der Waals surface area contributed by atoms with Crippen LogP contribution < -0.4 is 5.73 Å². The Hall–Kier alpha value is 0.0500. The summed E-state index contributed by atoms with van der Waals surface area (Å²) in [5.41, 5.74) is 4.98. The van der Waals surface area contributed by atoms with E-state index in [1.165, 1.54) is 11.9 Å². The lowest BCUT2D eigenvalue weighted by molar-refractivity contribution is 0.495. The van der Waals surface area contributed by atoms with Crippen molar-refractivity contribution in [2.24, 2.45) is 5.73 Å². The molecule has 0 saturated heterocycles. The molecule has 4 heteroatoms. The summed E-state index contributed by atoms with van der Waals surface area (Å²) < 4.78 is 0. The van der Waals surface area contributed by atoms with Crippen LogP contribution in [0.4, 0.5) is 0 Å². The van der Waals surface area contributed by atoms with Gasteiger partial charge in [0.15, 0.2) is 8.38 Å². The van der Waals surface area contributed by atoms with Crippen LogP contribution in [-0.2, 0) is 0 Å². The molecule has 0 aliphatic rings. The number of rotatable bonds is 2. The standard InChI is InChI=1S/C3H8NO2P/c4-2-1-3-7(5)6/h1,3,5-6H,2,4H2/b3-1-. The fraction of sp³-hybridized carbons (Fsp3) is 0.333. The van der Waals surface area contributed by atoms with Gasteiger partial charge in [0.2, 0.25) is 0 Å². The summed E-state index contributed by atoms with van der Waals surface area (Å²) in [7, 11) is -1.87. The van der Waals surface area contributed by atoms with E-state index in [9.17, 15) is 0 Å². The van der Waals surface area contributed by atoms with E-state index in [0.717, 1.165) is 0 Å². The van der Waals surface area contributed by atoms with E-state index in [1.54, 1.807) is 0 Å². The predicted octanol–water partition coefficient (Wildman–Crippen LogP) is -0.245. The van der Waals surface area contributed by atoms with Gasteiger partial charge in [-0.15, -0.1) is 0 Å². The Balaban J connectivity index is 3.08. The summed E-state index contributed by atoms with van der Waals surface area (Å²) in [5, 5.41) is 0. The van der Waals surface area contributed by atoms with Gasteiger partial charge in [0.05, 0.1) is 0 Å². The first-order valence-corrected chi connectivity index (χ1v) is 3.12. The molecule has 0 aromatic rings. The minimum absolute atomic E-state index is 0.361. The van der Waals surface area contributed by atoms with Crippen LogP contribution in [0.25, 0.3) is 0 Å². The summed E-state index contributed by atoms with van der Waals surface area (Å²) in [5.74, 6) is 1.27. The third kappa shape index (κ3) is 6.05. The van der Waals surface area contributed by atoms with E-state index in [1.807, 2.05) is 0 Å². The molecule has 0 fully saturated rings. The summed E-state index contributed by atoms with van der Waals surface area (Å²) in [4.78, 5) is 16.3. The minimum Gasteiger partial charge on any atom is -0.347 e. The van der Waals surface area contributed by atoms with Crippen LogP contribution in [-0.4, -0.2) is 16.3 Å². The zero-order valence-electron chi connectivity index (χ0n) is 3.78. The maximum Gasteiger partial charge on any atom is 0.191 e. The monoisotopic (exact) mass is 121 g/mol. The van der Waals surface area contributed by atoms with Gasteiger partial charge in [0.25, 0.3) is 0 Å². The van der Waals surface area contributed by atoms with Crippen LogP contribution >= 0.6 is 8.38 Å². The summed E-state index contributed by atoms with van der Waals surface area (Å²) in [6.07, 6.45) is 1.51. The Kier molecular flexibility index (Phi) is 4.25. The smallest absolute Gasteiger partial charge is 0.191 e. The summed E-state index contributed by atoms with van der Waals surface area (Å²) in [6.45, 7) is 0.361. The zero-order chi connectivity index (χ0) is 5.70. The van der Waals surface area contributed by atoms with Gasteiger partial charge in [-0.2, -0.15) is 0 Å². The van der Waals surface area contributed by atoms with Gasteiger partial charge < -0.3 is 15.5 Å². The molecule has 0 saturated carbocycles. The number of nitrogens with two attached hydrogens (primary N) is 1. The Morgan fingerprint density at radius 3 is 2.29 bits per heavy atom. The largest absolute Gasteiger partial charge is 0.347 e. The molecule has 0 amide bonds. The van der Waals surface area contributed by atoms with Crippen LogP contribution in [0.3, 0.4) is 0 Å². The van der Waals surface area contributed by atoms with Crippen molar-refractivity contribution in [3.63, 3.8) is 0 Å². The second kappa shape index (κ2) is 4.22. The van der Waals surface area contributed by atoms with Gasteiger partial charge in [-0.3, -0.25) is 0 Å². The molecule has 0 aromatic heterocycles.